The molecule has 4 heteroatoms. The number of benzene rings is 2. The zero-order valence-electron chi connectivity index (χ0n) is 13.7. The average molecular weight is 321 g/mol. The first-order valence-electron chi connectivity index (χ1n) is 7.82. The first-order valence-corrected chi connectivity index (χ1v) is 7.82. The van der Waals surface area contributed by atoms with E-state index in [9.17, 15) is 4.79 Å². The molecule has 0 aliphatic heterocycles. The van der Waals surface area contributed by atoms with Gasteiger partial charge in [0.05, 0.1) is 24.2 Å². The van der Waals surface area contributed by atoms with Gasteiger partial charge in [0.1, 0.15) is 12.4 Å². The summed E-state index contributed by atoms with van der Waals surface area (Å²) in [7, 11) is 1.40. The molecule has 0 bridgehead atoms. The Morgan fingerprint density at radius 2 is 1.79 bits per heavy atom. The van der Waals surface area contributed by atoms with Crippen LogP contribution in [0.4, 0.5) is 0 Å². The quantitative estimate of drug-likeness (QED) is 0.664. The molecule has 0 spiro atoms. The number of pyridine rings is 1. The van der Waals surface area contributed by atoms with E-state index in [0.717, 1.165) is 27.9 Å². The second kappa shape index (κ2) is 7.13. The summed E-state index contributed by atoms with van der Waals surface area (Å²) in [4.78, 5) is 16.1. The molecule has 0 fully saturated rings. The van der Waals surface area contributed by atoms with Crippen LogP contribution < -0.4 is 4.74 Å². The Labute approximate surface area is 141 Å². The third-order valence-electron chi connectivity index (χ3n) is 3.98. The first kappa shape index (κ1) is 16.0. The maximum Gasteiger partial charge on any atom is 0.312 e. The lowest BCUT2D eigenvalue weighted by Gasteiger charge is -2.11. The van der Waals surface area contributed by atoms with Crippen LogP contribution in [0.1, 0.15) is 24.1 Å². The summed E-state index contributed by atoms with van der Waals surface area (Å²) in [6, 6.07) is 19.5. The molecule has 0 amide bonds. The zero-order chi connectivity index (χ0) is 16.9. The normalized spacial score (nSPS) is 11.9. The highest BCUT2D eigenvalue weighted by Crippen LogP contribution is 2.21. The van der Waals surface area contributed by atoms with E-state index in [1.165, 1.54) is 7.11 Å². The molecule has 0 N–H and O–H groups in total. The highest BCUT2D eigenvalue weighted by molar-refractivity contribution is 5.78. The van der Waals surface area contributed by atoms with Crippen LogP contribution >= 0.6 is 0 Å². The van der Waals surface area contributed by atoms with Crippen LogP contribution in [0.2, 0.25) is 0 Å². The summed E-state index contributed by atoms with van der Waals surface area (Å²) in [5.41, 5.74) is 2.74. The molecule has 24 heavy (non-hydrogen) atoms. The van der Waals surface area contributed by atoms with E-state index >= 15 is 0 Å². The molecule has 1 aromatic heterocycles. The highest BCUT2D eigenvalue weighted by Gasteiger charge is 2.15. The zero-order valence-corrected chi connectivity index (χ0v) is 13.7. The van der Waals surface area contributed by atoms with Gasteiger partial charge in [-0.25, -0.2) is 4.98 Å². The van der Waals surface area contributed by atoms with Crippen molar-refractivity contribution in [2.45, 2.75) is 19.4 Å². The van der Waals surface area contributed by atoms with E-state index < -0.39 is 0 Å². The van der Waals surface area contributed by atoms with Gasteiger partial charge in [-0.2, -0.15) is 0 Å². The number of aromatic nitrogens is 1. The molecule has 1 heterocycles. The molecule has 0 radical (unpaired) electrons. The van der Waals surface area contributed by atoms with Crippen molar-refractivity contribution in [3.8, 4) is 5.75 Å². The van der Waals surface area contributed by atoms with E-state index in [1.807, 2.05) is 67.6 Å². The minimum atomic E-state index is -0.286. The summed E-state index contributed by atoms with van der Waals surface area (Å²) in [5.74, 6) is 0.209. The molecule has 4 nitrogen and oxygen atoms in total. The molecule has 1 atom stereocenters. The molecule has 0 saturated heterocycles. The summed E-state index contributed by atoms with van der Waals surface area (Å²) in [6.07, 6.45) is 0. The fourth-order valence-electron chi connectivity index (χ4n) is 2.51. The SMILES string of the molecule is COC(=O)C(C)c1ccc(OCc2ccc3ccccc3n2)cc1. The van der Waals surface area contributed by atoms with E-state index in [-0.39, 0.29) is 11.9 Å². The number of hydrogen-bond donors (Lipinski definition) is 0. The third kappa shape index (κ3) is 3.54. The number of esters is 1. The summed E-state index contributed by atoms with van der Waals surface area (Å²) >= 11 is 0. The molecular formula is C20H19NO3. The van der Waals surface area contributed by atoms with E-state index in [2.05, 4.69) is 4.98 Å². The van der Waals surface area contributed by atoms with Crippen LogP contribution in [-0.2, 0) is 16.1 Å². The molecule has 0 aliphatic rings. The predicted molar refractivity (Wildman–Crippen MR) is 92.9 cm³/mol. The molecule has 0 saturated carbocycles. The molecule has 1 unspecified atom stereocenters. The number of para-hydroxylation sites is 1. The van der Waals surface area contributed by atoms with Gasteiger partial charge in [0.25, 0.3) is 0 Å². The second-order valence-corrected chi connectivity index (χ2v) is 5.60. The smallest absolute Gasteiger partial charge is 0.312 e. The lowest BCUT2D eigenvalue weighted by molar-refractivity contribution is -0.141. The number of carbonyl (C=O) groups excluding carboxylic acids is 1. The van der Waals surface area contributed by atoms with Crippen LogP contribution in [0.15, 0.2) is 60.7 Å². The fraction of sp³-hybridized carbons (Fsp3) is 0.200. The van der Waals surface area contributed by atoms with Crippen LogP contribution in [0, 0.1) is 0 Å². The molecule has 2 aromatic carbocycles. The average Bonchev–Trinajstić information content (AvgIpc) is 2.65. The monoisotopic (exact) mass is 321 g/mol. The number of nitrogens with zero attached hydrogens (tertiary/aromatic N) is 1. The van der Waals surface area contributed by atoms with Crippen molar-refractivity contribution in [3.63, 3.8) is 0 Å². The Kier molecular flexibility index (Phi) is 4.75. The molecular weight excluding hydrogens is 302 g/mol. The standard InChI is InChI=1S/C20H19NO3/c1-14(20(22)23-2)15-8-11-18(12-9-15)24-13-17-10-7-16-5-3-4-6-19(16)21-17/h3-12,14H,13H2,1-2H3. The largest absolute Gasteiger partial charge is 0.487 e. The van der Waals surface area contributed by atoms with E-state index in [0.29, 0.717) is 6.61 Å². The van der Waals surface area contributed by atoms with Gasteiger partial charge in [-0.1, -0.05) is 36.4 Å². The topological polar surface area (TPSA) is 48.4 Å². The number of rotatable bonds is 5. The van der Waals surface area contributed by atoms with Gasteiger partial charge in [0, 0.05) is 5.39 Å². The Morgan fingerprint density at radius 3 is 2.54 bits per heavy atom. The first-order chi connectivity index (χ1) is 11.7. The third-order valence-corrected chi connectivity index (χ3v) is 3.98. The number of hydrogen-bond acceptors (Lipinski definition) is 4. The lowest BCUT2D eigenvalue weighted by atomic mass is 10.0. The minimum absolute atomic E-state index is 0.246. The van der Waals surface area contributed by atoms with Crippen molar-refractivity contribution in [1.82, 2.24) is 4.98 Å². The Bertz CT molecular complexity index is 843. The van der Waals surface area contributed by atoms with Crippen LogP contribution in [0.5, 0.6) is 5.75 Å². The minimum Gasteiger partial charge on any atom is -0.487 e. The van der Waals surface area contributed by atoms with Gasteiger partial charge in [-0.05, 0) is 36.8 Å². The maximum atomic E-state index is 11.6. The van der Waals surface area contributed by atoms with Crippen molar-refractivity contribution in [2.24, 2.45) is 0 Å². The number of methoxy groups -OCH3 is 1. The van der Waals surface area contributed by atoms with Crippen LogP contribution in [0.3, 0.4) is 0 Å². The van der Waals surface area contributed by atoms with Crippen molar-refractivity contribution >= 4 is 16.9 Å². The van der Waals surface area contributed by atoms with Crippen molar-refractivity contribution in [3.05, 3.63) is 71.9 Å². The highest BCUT2D eigenvalue weighted by atomic mass is 16.5. The van der Waals surface area contributed by atoms with E-state index in [4.69, 9.17) is 9.47 Å². The summed E-state index contributed by atoms with van der Waals surface area (Å²) in [5, 5.41) is 1.11. The van der Waals surface area contributed by atoms with E-state index in [1.54, 1.807) is 0 Å². The summed E-state index contributed by atoms with van der Waals surface area (Å²) in [6.45, 7) is 2.22. The van der Waals surface area contributed by atoms with Gasteiger partial charge >= 0.3 is 5.97 Å². The molecule has 122 valence electrons. The number of carbonyl (C=O) groups is 1. The number of fused-ring (bicyclic) bond motifs is 1. The maximum absolute atomic E-state index is 11.6. The fourth-order valence-corrected chi connectivity index (χ4v) is 2.51. The molecule has 3 aromatic rings. The van der Waals surface area contributed by atoms with Gasteiger partial charge in [0.2, 0.25) is 0 Å². The second-order valence-electron chi connectivity index (χ2n) is 5.60. The predicted octanol–water partition coefficient (Wildman–Crippen LogP) is 4.09. The van der Waals surface area contributed by atoms with Crippen molar-refractivity contribution < 1.29 is 14.3 Å². The Morgan fingerprint density at radius 1 is 1.04 bits per heavy atom. The van der Waals surface area contributed by atoms with Crippen LogP contribution in [0.25, 0.3) is 10.9 Å². The molecule has 0 aliphatic carbocycles. The van der Waals surface area contributed by atoms with Gasteiger partial charge < -0.3 is 9.47 Å². The number of ether oxygens (including phenoxy) is 2. The Balaban J connectivity index is 1.66. The van der Waals surface area contributed by atoms with Crippen molar-refractivity contribution in [2.75, 3.05) is 7.11 Å². The Hall–Kier alpha value is -2.88. The van der Waals surface area contributed by atoms with Gasteiger partial charge in [0.15, 0.2) is 0 Å². The van der Waals surface area contributed by atoms with Crippen LogP contribution in [-0.4, -0.2) is 18.1 Å². The van der Waals surface area contributed by atoms with Gasteiger partial charge in [-0.3, -0.25) is 4.79 Å². The van der Waals surface area contributed by atoms with Crippen molar-refractivity contribution in [1.29, 1.82) is 0 Å². The van der Waals surface area contributed by atoms with Gasteiger partial charge in [-0.15, -0.1) is 0 Å². The summed E-state index contributed by atoms with van der Waals surface area (Å²) < 4.78 is 10.5. The molecule has 3 rings (SSSR count). The lowest BCUT2D eigenvalue weighted by Crippen LogP contribution is -2.10.